The van der Waals surface area contributed by atoms with Crippen molar-refractivity contribution in [3.05, 3.63) is 12.4 Å². The summed E-state index contributed by atoms with van der Waals surface area (Å²) in [6, 6.07) is -0.0214. The van der Waals surface area contributed by atoms with Crippen LogP contribution in [0.15, 0.2) is 12.4 Å². The first kappa shape index (κ1) is 9.05. The van der Waals surface area contributed by atoms with Gasteiger partial charge in [-0.1, -0.05) is 0 Å². The highest BCUT2D eigenvalue weighted by Crippen LogP contribution is 2.15. The van der Waals surface area contributed by atoms with Gasteiger partial charge in [0, 0.05) is 25.8 Å². The number of anilines is 1. The Balaban J connectivity index is 2.16. The van der Waals surface area contributed by atoms with Crippen molar-refractivity contribution in [3.63, 3.8) is 0 Å². The molecule has 1 aromatic rings. The van der Waals surface area contributed by atoms with Crippen molar-refractivity contribution in [2.45, 2.75) is 19.9 Å². The molecule has 1 aromatic heterocycles. The molecule has 0 saturated carbocycles. The minimum absolute atomic E-state index is 0.0214. The summed E-state index contributed by atoms with van der Waals surface area (Å²) in [6.07, 6.45) is 4.61. The first-order valence-corrected chi connectivity index (χ1v) is 4.89. The predicted octanol–water partition coefficient (Wildman–Crippen LogP) is 0.823. The lowest BCUT2D eigenvalue weighted by molar-refractivity contribution is 0.243. The van der Waals surface area contributed by atoms with Crippen molar-refractivity contribution in [1.82, 2.24) is 15.1 Å². The molecule has 0 atom stereocenters. The highest BCUT2D eigenvalue weighted by atomic mass is 16.2. The molecule has 0 radical (unpaired) electrons. The molecular formula is C9H14N4O. The highest BCUT2D eigenvalue weighted by molar-refractivity contribution is 5.92. The lowest BCUT2D eigenvalue weighted by Gasteiger charge is -2.25. The van der Waals surface area contributed by atoms with E-state index >= 15 is 0 Å². The van der Waals surface area contributed by atoms with Crippen molar-refractivity contribution in [2.75, 3.05) is 18.0 Å². The molecule has 1 fully saturated rings. The molecular weight excluding hydrogens is 180 g/mol. The van der Waals surface area contributed by atoms with Gasteiger partial charge in [-0.15, -0.1) is 0 Å². The second-order valence-corrected chi connectivity index (χ2v) is 3.29. The summed E-state index contributed by atoms with van der Waals surface area (Å²) in [6.45, 7) is 4.40. The van der Waals surface area contributed by atoms with Gasteiger partial charge in [-0.05, 0) is 13.3 Å². The second kappa shape index (κ2) is 3.69. The van der Waals surface area contributed by atoms with Crippen LogP contribution in [0.25, 0.3) is 0 Å². The molecule has 76 valence electrons. The van der Waals surface area contributed by atoms with Gasteiger partial charge in [-0.3, -0.25) is 9.58 Å². The summed E-state index contributed by atoms with van der Waals surface area (Å²) in [5, 5.41) is 6.95. The number of urea groups is 1. The van der Waals surface area contributed by atoms with E-state index in [0.717, 1.165) is 31.7 Å². The Kier molecular flexibility index (Phi) is 2.39. The van der Waals surface area contributed by atoms with Gasteiger partial charge in [-0.25, -0.2) is 4.79 Å². The molecule has 0 aliphatic carbocycles. The van der Waals surface area contributed by atoms with Crippen molar-refractivity contribution in [1.29, 1.82) is 0 Å². The molecule has 0 aromatic carbocycles. The second-order valence-electron chi connectivity index (χ2n) is 3.29. The van der Waals surface area contributed by atoms with Crippen LogP contribution in [0, 0.1) is 0 Å². The number of nitrogens with one attached hydrogen (secondary N) is 1. The number of hydrogen-bond acceptors (Lipinski definition) is 2. The van der Waals surface area contributed by atoms with Crippen LogP contribution < -0.4 is 10.2 Å². The molecule has 1 aliphatic rings. The van der Waals surface area contributed by atoms with Gasteiger partial charge in [-0.2, -0.15) is 5.10 Å². The molecule has 0 unspecified atom stereocenters. The van der Waals surface area contributed by atoms with Crippen LogP contribution in [-0.2, 0) is 6.54 Å². The molecule has 1 saturated heterocycles. The van der Waals surface area contributed by atoms with Gasteiger partial charge in [0.2, 0.25) is 0 Å². The van der Waals surface area contributed by atoms with Crippen LogP contribution in [0.1, 0.15) is 13.3 Å². The predicted molar refractivity (Wildman–Crippen MR) is 53.3 cm³/mol. The molecule has 1 N–H and O–H groups in total. The molecule has 5 heteroatoms. The number of hydrogen-bond donors (Lipinski definition) is 1. The Bertz CT molecular complexity index is 333. The summed E-state index contributed by atoms with van der Waals surface area (Å²) < 4.78 is 1.82. The summed E-state index contributed by atoms with van der Waals surface area (Å²) in [7, 11) is 0. The van der Waals surface area contributed by atoms with E-state index in [2.05, 4.69) is 10.4 Å². The van der Waals surface area contributed by atoms with Crippen LogP contribution in [0.2, 0.25) is 0 Å². The summed E-state index contributed by atoms with van der Waals surface area (Å²) in [5.41, 5.74) is 0.879. The third kappa shape index (κ3) is 1.57. The van der Waals surface area contributed by atoms with E-state index in [1.165, 1.54) is 0 Å². The maximum Gasteiger partial charge on any atom is 0.321 e. The molecule has 0 spiro atoms. The summed E-state index contributed by atoms with van der Waals surface area (Å²) in [5.74, 6) is 0. The quantitative estimate of drug-likeness (QED) is 0.757. The smallest absolute Gasteiger partial charge is 0.321 e. The van der Waals surface area contributed by atoms with Gasteiger partial charge >= 0.3 is 6.03 Å². The maximum atomic E-state index is 11.5. The highest BCUT2D eigenvalue weighted by Gasteiger charge is 2.19. The number of nitrogens with zero attached hydrogens (tertiary/aromatic N) is 3. The Hall–Kier alpha value is -1.52. The van der Waals surface area contributed by atoms with Gasteiger partial charge in [0.25, 0.3) is 0 Å². The van der Waals surface area contributed by atoms with Gasteiger partial charge in [0.1, 0.15) is 0 Å². The van der Waals surface area contributed by atoms with Crippen LogP contribution in [0.5, 0.6) is 0 Å². The van der Waals surface area contributed by atoms with Crippen LogP contribution in [0.4, 0.5) is 10.5 Å². The van der Waals surface area contributed by atoms with E-state index in [1.807, 2.05) is 17.8 Å². The molecule has 1 aliphatic heterocycles. The largest absolute Gasteiger partial charge is 0.338 e. The summed E-state index contributed by atoms with van der Waals surface area (Å²) >= 11 is 0. The van der Waals surface area contributed by atoms with E-state index in [4.69, 9.17) is 0 Å². The lowest BCUT2D eigenvalue weighted by atomic mass is 10.3. The summed E-state index contributed by atoms with van der Waals surface area (Å²) in [4.78, 5) is 13.2. The first-order chi connectivity index (χ1) is 6.81. The fourth-order valence-electron chi connectivity index (χ4n) is 1.54. The van der Waals surface area contributed by atoms with Crippen LogP contribution >= 0.6 is 0 Å². The average molecular weight is 194 g/mol. The Morgan fingerprint density at radius 3 is 3.14 bits per heavy atom. The third-order valence-electron chi connectivity index (χ3n) is 2.34. The number of carbonyl (C=O) groups is 1. The fraction of sp³-hybridized carbons (Fsp3) is 0.556. The minimum Gasteiger partial charge on any atom is -0.338 e. The third-order valence-corrected chi connectivity index (χ3v) is 2.34. The van der Waals surface area contributed by atoms with E-state index in [-0.39, 0.29) is 6.03 Å². The van der Waals surface area contributed by atoms with Gasteiger partial charge in [0.05, 0.1) is 11.9 Å². The average Bonchev–Trinajstić information content (AvgIpc) is 2.67. The topological polar surface area (TPSA) is 50.2 Å². The molecule has 0 bridgehead atoms. The Labute approximate surface area is 82.7 Å². The zero-order valence-corrected chi connectivity index (χ0v) is 8.23. The molecule has 2 rings (SSSR count). The molecule has 2 amide bonds. The number of amides is 2. The minimum atomic E-state index is -0.0214. The van der Waals surface area contributed by atoms with E-state index in [0.29, 0.717) is 0 Å². The number of aryl methyl sites for hydroxylation is 1. The number of carbonyl (C=O) groups excluding carboxylic acids is 1. The maximum absolute atomic E-state index is 11.5. The van der Waals surface area contributed by atoms with Crippen molar-refractivity contribution in [3.8, 4) is 0 Å². The van der Waals surface area contributed by atoms with Crippen molar-refractivity contribution in [2.24, 2.45) is 0 Å². The number of aromatic nitrogens is 2. The standard InChI is InChI=1S/C9H14N4O/c1-2-12-7-8(6-11-12)13-5-3-4-10-9(13)14/h6-7H,2-5H2,1H3,(H,10,14). The van der Waals surface area contributed by atoms with E-state index in [9.17, 15) is 4.79 Å². The zero-order chi connectivity index (χ0) is 9.97. The lowest BCUT2D eigenvalue weighted by Crippen LogP contribution is -2.46. The fourth-order valence-corrected chi connectivity index (χ4v) is 1.54. The van der Waals surface area contributed by atoms with E-state index < -0.39 is 0 Å². The van der Waals surface area contributed by atoms with E-state index in [1.54, 1.807) is 11.1 Å². The monoisotopic (exact) mass is 194 g/mol. The Morgan fingerprint density at radius 2 is 2.50 bits per heavy atom. The van der Waals surface area contributed by atoms with Gasteiger partial charge < -0.3 is 5.32 Å². The zero-order valence-electron chi connectivity index (χ0n) is 8.23. The first-order valence-electron chi connectivity index (χ1n) is 4.89. The van der Waals surface area contributed by atoms with Crippen molar-refractivity contribution < 1.29 is 4.79 Å². The molecule has 2 heterocycles. The number of rotatable bonds is 2. The molecule has 5 nitrogen and oxygen atoms in total. The normalized spacial score (nSPS) is 16.9. The van der Waals surface area contributed by atoms with Crippen molar-refractivity contribution >= 4 is 11.7 Å². The van der Waals surface area contributed by atoms with Crippen LogP contribution in [0.3, 0.4) is 0 Å². The SMILES string of the molecule is CCn1cc(N2CCCNC2=O)cn1. The Morgan fingerprint density at radius 1 is 1.64 bits per heavy atom. The molecule has 14 heavy (non-hydrogen) atoms. The van der Waals surface area contributed by atoms with Gasteiger partial charge in [0.15, 0.2) is 0 Å². The van der Waals surface area contributed by atoms with Crippen LogP contribution in [-0.4, -0.2) is 28.9 Å².